The first-order valence-corrected chi connectivity index (χ1v) is 9.02. The first-order valence-electron chi connectivity index (χ1n) is 7.62. The minimum Gasteiger partial charge on any atom is -0.444 e. The summed E-state index contributed by atoms with van der Waals surface area (Å²) >= 11 is 1.90. The summed E-state index contributed by atoms with van der Waals surface area (Å²) in [6.45, 7) is 8.38. The maximum atomic E-state index is 12.0. The van der Waals surface area contributed by atoms with Crippen LogP contribution in [0.2, 0.25) is 0 Å². The van der Waals surface area contributed by atoms with Crippen molar-refractivity contribution in [3.05, 3.63) is 0 Å². The van der Waals surface area contributed by atoms with Crippen LogP contribution in [0.15, 0.2) is 0 Å². The standard InChI is InChI=1S/C15H30N2O2S/c1-15(2,3)19-14(18)17-10-7-8-13(12-17)16-9-5-6-11-20-4/h13,16H,5-12H2,1-4H3. The van der Waals surface area contributed by atoms with Gasteiger partial charge >= 0.3 is 6.09 Å². The Balaban J connectivity index is 2.26. The van der Waals surface area contributed by atoms with E-state index >= 15 is 0 Å². The molecule has 1 atom stereocenters. The van der Waals surface area contributed by atoms with Gasteiger partial charge in [0.15, 0.2) is 0 Å². The van der Waals surface area contributed by atoms with Crippen LogP contribution in [0.4, 0.5) is 4.79 Å². The second-order valence-corrected chi connectivity index (χ2v) is 7.41. The topological polar surface area (TPSA) is 41.6 Å². The zero-order chi connectivity index (χ0) is 15.0. The van der Waals surface area contributed by atoms with Gasteiger partial charge in [-0.25, -0.2) is 4.79 Å². The van der Waals surface area contributed by atoms with Gasteiger partial charge in [-0.1, -0.05) is 0 Å². The summed E-state index contributed by atoms with van der Waals surface area (Å²) < 4.78 is 5.44. The molecule has 20 heavy (non-hydrogen) atoms. The quantitative estimate of drug-likeness (QED) is 0.766. The third-order valence-electron chi connectivity index (χ3n) is 3.28. The number of hydrogen-bond donors (Lipinski definition) is 1. The van der Waals surface area contributed by atoms with Crippen LogP contribution in [0.5, 0.6) is 0 Å². The molecule has 0 radical (unpaired) electrons. The molecule has 0 spiro atoms. The molecule has 1 unspecified atom stereocenters. The lowest BCUT2D eigenvalue weighted by molar-refractivity contribution is 0.0188. The number of thioether (sulfide) groups is 1. The summed E-state index contributed by atoms with van der Waals surface area (Å²) in [5.74, 6) is 1.23. The van der Waals surface area contributed by atoms with Crippen molar-refractivity contribution in [1.29, 1.82) is 0 Å². The summed E-state index contributed by atoms with van der Waals surface area (Å²) in [6.07, 6.45) is 6.66. The van der Waals surface area contributed by atoms with Crippen molar-refractivity contribution in [3.8, 4) is 0 Å². The largest absolute Gasteiger partial charge is 0.444 e. The van der Waals surface area contributed by atoms with Crippen LogP contribution in [0.1, 0.15) is 46.5 Å². The SMILES string of the molecule is CSCCCCNC1CCCN(C(=O)OC(C)(C)C)C1. The van der Waals surface area contributed by atoms with Gasteiger partial charge in [-0.15, -0.1) is 0 Å². The number of amides is 1. The van der Waals surface area contributed by atoms with Crippen LogP contribution >= 0.6 is 11.8 Å². The van der Waals surface area contributed by atoms with Gasteiger partial charge in [-0.3, -0.25) is 0 Å². The monoisotopic (exact) mass is 302 g/mol. The number of unbranched alkanes of at least 4 members (excludes halogenated alkanes) is 1. The third kappa shape index (κ3) is 7.39. The van der Waals surface area contributed by atoms with E-state index in [0.717, 1.165) is 32.5 Å². The fraction of sp³-hybridized carbons (Fsp3) is 0.933. The van der Waals surface area contributed by atoms with E-state index in [9.17, 15) is 4.79 Å². The van der Waals surface area contributed by atoms with E-state index in [-0.39, 0.29) is 6.09 Å². The number of carbonyl (C=O) groups is 1. The van der Waals surface area contributed by atoms with E-state index in [0.29, 0.717) is 6.04 Å². The van der Waals surface area contributed by atoms with Gasteiger partial charge in [0, 0.05) is 19.1 Å². The summed E-state index contributed by atoms with van der Waals surface area (Å²) in [7, 11) is 0. The Bertz CT molecular complexity index is 292. The predicted molar refractivity (Wildman–Crippen MR) is 86.4 cm³/mol. The van der Waals surface area contributed by atoms with Gasteiger partial charge in [0.2, 0.25) is 0 Å². The van der Waals surface area contributed by atoms with Crippen molar-refractivity contribution >= 4 is 17.9 Å². The lowest BCUT2D eigenvalue weighted by atomic mass is 10.1. The minimum atomic E-state index is -0.407. The molecule has 1 rings (SSSR count). The van der Waals surface area contributed by atoms with E-state index in [2.05, 4.69) is 11.6 Å². The molecule has 1 heterocycles. The Hall–Kier alpha value is -0.420. The van der Waals surface area contributed by atoms with E-state index in [1.54, 1.807) is 0 Å². The lowest BCUT2D eigenvalue weighted by Crippen LogP contribution is -2.49. The molecule has 0 saturated carbocycles. The Morgan fingerprint density at radius 2 is 2.15 bits per heavy atom. The number of rotatable bonds is 6. The molecule has 1 amide bonds. The Morgan fingerprint density at radius 3 is 2.80 bits per heavy atom. The van der Waals surface area contributed by atoms with Gasteiger partial charge < -0.3 is 15.0 Å². The highest BCUT2D eigenvalue weighted by molar-refractivity contribution is 7.98. The molecular weight excluding hydrogens is 272 g/mol. The molecule has 1 fully saturated rings. The van der Waals surface area contributed by atoms with E-state index in [1.165, 1.54) is 18.6 Å². The summed E-state index contributed by atoms with van der Waals surface area (Å²) in [4.78, 5) is 13.9. The van der Waals surface area contributed by atoms with Crippen LogP contribution in [-0.4, -0.2) is 54.3 Å². The molecule has 0 bridgehead atoms. The molecule has 0 aliphatic carbocycles. The van der Waals surface area contributed by atoms with Gasteiger partial charge in [0.25, 0.3) is 0 Å². The first-order chi connectivity index (χ1) is 9.42. The van der Waals surface area contributed by atoms with Gasteiger partial charge in [0.05, 0.1) is 0 Å². The number of likely N-dealkylation sites (tertiary alicyclic amines) is 1. The van der Waals surface area contributed by atoms with Crippen molar-refractivity contribution in [1.82, 2.24) is 10.2 Å². The number of carbonyl (C=O) groups excluding carboxylic acids is 1. The third-order valence-corrected chi connectivity index (χ3v) is 3.98. The molecule has 1 N–H and O–H groups in total. The zero-order valence-electron chi connectivity index (χ0n) is 13.4. The summed E-state index contributed by atoms with van der Waals surface area (Å²) in [5, 5.41) is 3.57. The molecular formula is C15H30N2O2S. The molecule has 0 aromatic carbocycles. The average Bonchev–Trinajstić information content (AvgIpc) is 2.37. The van der Waals surface area contributed by atoms with Gasteiger partial charge in [0.1, 0.15) is 5.60 Å². The van der Waals surface area contributed by atoms with E-state index in [4.69, 9.17) is 4.74 Å². The van der Waals surface area contributed by atoms with Gasteiger partial charge in [-0.05, 0) is 65.0 Å². The maximum absolute atomic E-state index is 12.0. The van der Waals surface area contributed by atoms with E-state index in [1.807, 2.05) is 37.4 Å². The second kappa shape index (κ2) is 8.78. The highest BCUT2D eigenvalue weighted by atomic mass is 32.2. The first kappa shape index (κ1) is 17.6. The highest BCUT2D eigenvalue weighted by Crippen LogP contribution is 2.15. The van der Waals surface area contributed by atoms with Crippen molar-refractivity contribution in [2.45, 2.75) is 58.1 Å². The fourth-order valence-electron chi connectivity index (χ4n) is 2.31. The molecule has 5 heteroatoms. The lowest BCUT2D eigenvalue weighted by Gasteiger charge is -2.34. The fourth-order valence-corrected chi connectivity index (χ4v) is 2.81. The van der Waals surface area contributed by atoms with Crippen LogP contribution in [-0.2, 0) is 4.74 Å². The summed E-state index contributed by atoms with van der Waals surface area (Å²) in [5.41, 5.74) is -0.407. The molecule has 1 aliphatic heterocycles. The van der Waals surface area contributed by atoms with Gasteiger partial charge in [-0.2, -0.15) is 11.8 Å². The normalized spacial score (nSPS) is 20.0. The minimum absolute atomic E-state index is 0.175. The number of hydrogen-bond acceptors (Lipinski definition) is 4. The van der Waals surface area contributed by atoms with Crippen LogP contribution in [0.25, 0.3) is 0 Å². The van der Waals surface area contributed by atoms with Crippen LogP contribution in [0.3, 0.4) is 0 Å². The highest BCUT2D eigenvalue weighted by Gasteiger charge is 2.27. The molecule has 1 saturated heterocycles. The van der Waals surface area contributed by atoms with Crippen LogP contribution < -0.4 is 5.32 Å². The Labute approximate surface area is 128 Å². The predicted octanol–water partition coefficient (Wildman–Crippen LogP) is 3.12. The maximum Gasteiger partial charge on any atom is 0.410 e. The van der Waals surface area contributed by atoms with Crippen molar-refractivity contribution in [3.63, 3.8) is 0 Å². The molecule has 0 aromatic rings. The second-order valence-electron chi connectivity index (χ2n) is 6.42. The van der Waals surface area contributed by atoms with Crippen LogP contribution in [0, 0.1) is 0 Å². The van der Waals surface area contributed by atoms with E-state index < -0.39 is 5.60 Å². The number of piperidine rings is 1. The smallest absolute Gasteiger partial charge is 0.410 e. The molecule has 1 aliphatic rings. The summed E-state index contributed by atoms with van der Waals surface area (Å²) in [6, 6.07) is 0.422. The average molecular weight is 302 g/mol. The van der Waals surface area contributed by atoms with Crippen molar-refractivity contribution in [2.24, 2.45) is 0 Å². The number of nitrogens with one attached hydrogen (secondary N) is 1. The van der Waals surface area contributed by atoms with Crippen molar-refractivity contribution < 1.29 is 9.53 Å². The Kier molecular flexibility index (Phi) is 7.74. The Morgan fingerprint density at radius 1 is 1.40 bits per heavy atom. The van der Waals surface area contributed by atoms with Crippen molar-refractivity contribution in [2.75, 3.05) is 31.6 Å². The number of nitrogens with zero attached hydrogens (tertiary/aromatic N) is 1. The molecule has 118 valence electrons. The zero-order valence-corrected chi connectivity index (χ0v) is 14.2. The number of ether oxygens (including phenoxy) is 1. The molecule has 4 nitrogen and oxygen atoms in total. The molecule has 0 aromatic heterocycles.